The quantitative estimate of drug-likeness (QED) is 0.335. The highest BCUT2D eigenvalue weighted by molar-refractivity contribution is 6.33. The number of hydrogen-bond acceptors (Lipinski definition) is 9. The van der Waals surface area contributed by atoms with Crippen LogP contribution in [0.25, 0.3) is 22.6 Å². The van der Waals surface area contributed by atoms with Crippen LogP contribution >= 0.6 is 11.6 Å². The molecule has 2 aromatic heterocycles. The number of aromatic nitrogens is 3. The van der Waals surface area contributed by atoms with Crippen LogP contribution in [0.2, 0.25) is 5.02 Å². The number of likely N-dealkylation sites (N-methyl/N-ethyl adjacent to an activating group) is 1. The average Bonchev–Trinajstić information content (AvgIpc) is 3.71. The summed E-state index contributed by atoms with van der Waals surface area (Å²) in [5.74, 6) is 2.08. The van der Waals surface area contributed by atoms with Gasteiger partial charge in [0.05, 0.1) is 28.0 Å². The third kappa shape index (κ3) is 6.19. The number of alkyl halides is 1. The Labute approximate surface area is 233 Å². The van der Waals surface area contributed by atoms with Crippen LogP contribution in [0.1, 0.15) is 36.3 Å². The van der Waals surface area contributed by atoms with Crippen LogP contribution in [0.5, 0.6) is 5.75 Å². The van der Waals surface area contributed by atoms with Crippen molar-refractivity contribution in [2.24, 2.45) is 0 Å². The summed E-state index contributed by atoms with van der Waals surface area (Å²) >= 11 is 6.63. The zero-order valence-electron chi connectivity index (χ0n) is 22.8. The summed E-state index contributed by atoms with van der Waals surface area (Å²) < 4.78 is 26.6. The van der Waals surface area contributed by atoms with Crippen molar-refractivity contribution >= 4 is 17.4 Å². The molecular formula is C28H36ClFN6O3. The fourth-order valence-corrected chi connectivity index (χ4v) is 5.33. The lowest BCUT2D eigenvalue weighted by molar-refractivity contribution is 0.108. The molecule has 2 fully saturated rings. The van der Waals surface area contributed by atoms with E-state index in [1.54, 1.807) is 25.2 Å². The minimum absolute atomic E-state index is 0.116. The van der Waals surface area contributed by atoms with Gasteiger partial charge in [0.1, 0.15) is 36.2 Å². The van der Waals surface area contributed by atoms with Crippen molar-refractivity contribution in [1.29, 1.82) is 0 Å². The van der Waals surface area contributed by atoms with Gasteiger partial charge in [0, 0.05) is 36.8 Å². The number of ether oxygens (including phenoxy) is 1. The number of aliphatic hydroxyl groups excluding tert-OH is 1. The fraction of sp³-hybridized carbons (Fsp3) is 0.536. The molecule has 1 aliphatic carbocycles. The smallest absolute Gasteiger partial charge is 0.163 e. The van der Waals surface area contributed by atoms with E-state index in [0.717, 1.165) is 30.5 Å². The Morgan fingerprint density at radius 2 is 2.03 bits per heavy atom. The average molecular weight is 559 g/mol. The minimum atomic E-state index is -1.01. The maximum Gasteiger partial charge on any atom is 0.163 e. The third-order valence-electron chi connectivity index (χ3n) is 7.44. The predicted octanol–water partition coefficient (Wildman–Crippen LogP) is 4.32. The van der Waals surface area contributed by atoms with Crippen LogP contribution in [0.15, 0.2) is 22.7 Å². The largest absolute Gasteiger partial charge is 0.491 e. The number of likely N-dealkylation sites (tertiary alicyclic amines) is 1. The number of rotatable bonds is 10. The van der Waals surface area contributed by atoms with E-state index in [4.69, 9.17) is 30.8 Å². The van der Waals surface area contributed by atoms with Gasteiger partial charge in [-0.1, -0.05) is 16.8 Å². The number of aryl methyl sites for hydroxylation is 2. The highest BCUT2D eigenvalue weighted by Crippen LogP contribution is 2.37. The summed E-state index contributed by atoms with van der Waals surface area (Å²) in [4.78, 5) is 12.0. The van der Waals surface area contributed by atoms with Gasteiger partial charge in [-0.05, 0) is 65.3 Å². The van der Waals surface area contributed by atoms with Crippen molar-refractivity contribution in [1.82, 2.24) is 25.3 Å². The molecule has 3 N–H and O–H groups in total. The molecule has 39 heavy (non-hydrogen) atoms. The minimum Gasteiger partial charge on any atom is -0.491 e. The first-order chi connectivity index (χ1) is 18.7. The molecule has 1 aromatic carbocycles. The summed E-state index contributed by atoms with van der Waals surface area (Å²) in [5.41, 5.74) is 3.47. The molecule has 3 atom stereocenters. The van der Waals surface area contributed by atoms with Crippen molar-refractivity contribution in [3.63, 3.8) is 0 Å². The Balaban J connectivity index is 1.50. The van der Waals surface area contributed by atoms with Crippen molar-refractivity contribution in [2.75, 3.05) is 38.6 Å². The Hall–Kier alpha value is -2.79. The summed E-state index contributed by atoms with van der Waals surface area (Å²) in [6.07, 6.45) is 1.35. The number of benzene rings is 1. The normalized spacial score (nSPS) is 20.7. The summed E-state index contributed by atoms with van der Waals surface area (Å²) in [6.45, 7) is 7.44. The summed E-state index contributed by atoms with van der Waals surface area (Å²) in [7, 11) is 1.77. The van der Waals surface area contributed by atoms with E-state index in [9.17, 15) is 5.11 Å². The Morgan fingerprint density at radius 1 is 1.23 bits per heavy atom. The van der Waals surface area contributed by atoms with Crippen LogP contribution in [0, 0.1) is 20.8 Å². The second kappa shape index (κ2) is 11.8. The molecule has 3 heterocycles. The van der Waals surface area contributed by atoms with Gasteiger partial charge in [0.25, 0.3) is 0 Å². The molecule has 11 heteroatoms. The van der Waals surface area contributed by atoms with Crippen LogP contribution in [-0.2, 0) is 0 Å². The Morgan fingerprint density at radius 3 is 2.69 bits per heavy atom. The molecule has 1 aliphatic heterocycles. The number of piperidine rings is 1. The highest BCUT2D eigenvalue weighted by Gasteiger charge is 2.37. The zero-order valence-corrected chi connectivity index (χ0v) is 23.6. The first-order valence-corrected chi connectivity index (χ1v) is 13.8. The Bertz CT molecular complexity index is 1300. The number of anilines is 1. The molecule has 0 unspecified atom stereocenters. The maximum absolute atomic E-state index is 15.3. The van der Waals surface area contributed by atoms with Crippen LogP contribution in [0.3, 0.4) is 0 Å². The van der Waals surface area contributed by atoms with E-state index in [2.05, 4.69) is 20.7 Å². The van der Waals surface area contributed by atoms with Crippen LogP contribution in [-0.4, -0.2) is 82.8 Å². The van der Waals surface area contributed by atoms with Gasteiger partial charge >= 0.3 is 0 Å². The maximum atomic E-state index is 15.3. The van der Waals surface area contributed by atoms with Crippen molar-refractivity contribution in [3.8, 4) is 28.4 Å². The molecule has 0 spiro atoms. The molecule has 0 amide bonds. The van der Waals surface area contributed by atoms with E-state index in [-0.39, 0.29) is 12.6 Å². The second-order valence-electron chi connectivity index (χ2n) is 10.5. The lowest BCUT2D eigenvalue weighted by Crippen LogP contribution is -2.48. The second-order valence-corrected chi connectivity index (χ2v) is 10.9. The Kier molecular flexibility index (Phi) is 8.37. The molecule has 1 saturated carbocycles. The van der Waals surface area contributed by atoms with E-state index >= 15 is 4.39 Å². The SMILES string of the molecule is CNC[C@H](O)COc1ccc(Cl)c(-c2nc(N[C@H]3CCN(C4CC4)C[C@H]3F)c(C)c(-c3c(C)noc3C)n2)c1. The summed E-state index contributed by atoms with van der Waals surface area (Å²) in [5, 5.41) is 20.9. The van der Waals surface area contributed by atoms with Crippen molar-refractivity contribution in [3.05, 3.63) is 40.2 Å². The molecule has 1 saturated heterocycles. The first-order valence-electron chi connectivity index (χ1n) is 13.5. The van der Waals surface area contributed by atoms with Crippen LogP contribution < -0.4 is 15.4 Å². The van der Waals surface area contributed by atoms with Gasteiger partial charge in [0.2, 0.25) is 0 Å². The van der Waals surface area contributed by atoms with E-state index in [0.29, 0.717) is 70.7 Å². The lowest BCUT2D eigenvalue weighted by Gasteiger charge is -2.35. The first kappa shape index (κ1) is 27.8. The molecule has 3 aromatic rings. The van der Waals surface area contributed by atoms with Gasteiger partial charge in [-0.15, -0.1) is 0 Å². The van der Waals surface area contributed by atoms with Gasteiger partial charge in [0.15, 0.2) is 5.82 Å². The number of hydrogen-bond donors (Lipinski definition) is 3. The highest BCUT2D eigenvalue weighted by atomic mass is 35.5. The molecule has 210 valence electrons. The monoisotopic (exact) mass is 558 g/mol. The van der Waals surface area contributed by atoms with E-state index in [1.807, 2.05) is 20.8 Å². The molecule has 9 nitrogen and oxygen atoms in total. The molecule has 0 bridgehead atoms. The number of halogens is 2. The molecule has 2 aliphatic rings. The topological polar surface area (TPSA) is 109 Å². The van der Waals surface area contributed by atoms with E-state index < -0.39 is 12.3 Å². The molecule has 5 rings (SSSR count). The fourth-order valence-electron chi connectivity index (χ4n) is 5.13. The lowest BCUT2D eigenvalue weighted by atomic mass is 10.0. The molecule has 0 radical (unpaired) electrons. The van der Waals surface area contributed by atoms with Crippen molar-refractivity contribution in [2.45, 2.75) is 64.4 Å². The third-order valence-corrected chi connectivity index (χ3v) is 7.76. The summed E-state index contributed by atoms with van der Waals surface area (Å²) in [6, 6.07) is 5.39. The van der Waals surface area contributed by atoms with E-state index in [1.165, 1.54) is 0 Å². The zero-order chi connectivity index (χ0) is 27.7. The van der Waals surface area contributed by atoms with Crippen LogP contribution in [0.4, 0.5) is 10.2 Å². The van der Waals surface area contributed by atoms with Crippen molar-refractivity contribution < 1.29 is 18.8 Å². The predicted molar refractivity (Wildman–Crippen MR) is 149 cm³/mol. The van der Waals surface area contributed by atoms with Gasteiger partial charge < -0.3 is 25.0 Å². The number of aliphatic hydroxyl groups is 1. The van der Waals surface area contributed by atoms with Gasteiger partial charge in [-0.25, -0.2) is 14.4 Å². The number of nitrogens with one attached hydrogen (secondary N) is 2. The number of nitrogens with zero attached hydrogens (tertiary/aromatic N) is 4. The van der Waals surface area contributed by atoms with Gasteiger partial charge in [-0.2, -0.15) is 0 Å². The van der Waals surface area contributed by atoms with Gasteiger partial charge in [-0.3, -0.25) is 4.90 Å². The standard InChI is InChI=1S/C28H36ClFN6O3/c1-15-26(25-16(2)35-39-17(25)3)33-28(21-11-20(7-8-22(21)29)38-14-19(37)12-31-4)34-27(15)32-24-9-10-36(13-23(24)30)18-5-6-18/h7-8,11,18-19,23-24,31,37H,5-6,9-10,12-14H2,1-4H3,(H,32,33,34)/t19-,23+,24-/m0/s1. The molecular weight excluding hydrogens is 523 g/mol.